The Balaban J connectivity index is 2.98. The molecule has 0 bridgehead atoms. The Bertz CT molecular complexity index is 1560. The number of aromatic hydroxyl groups is 1. The normalized spacial score (nSPS) is 14.5. The molecule has 1 aromatic rings. The first-order chi connectivity index (χ1) is 26.3. The Morgan fingerprint density at radius 1 is 0.804 bits per heavy atom. The van der Waals surface area contributed by atoms with Gasteiger partial charge in [0.25, 0.3) is 0 Å². The van der Waals surface area contributed by atoms with E-state index in [0.29, 0.717) is 12.0 Å². The fourth-order valence-electron chi connectivity index (χ4n) is 4.84. The molecule has 22 nitrogen and oxygen atoms in total. The molecule has 312 valence electrons. The SMILES string of the molecule is CC[C@H](C)[C@H](NC(=O)[C@@H](N)Cc1ccc(O)cc1)C(=O)NCC(=O)N[C@@H](CO)C(=O)N[C@@H](CCCN=C(N)N)C(=O)N[C@@H](CS)C(=O)N[C@@H](CC(=O)O)C(N)=O. The number of carbonyl (C=O) groups excluding carboxylic acids is 7. The molecule has 0 heterocycles. The third-order valence-electron chi connectivity index (χ3n) is 8.21. The number of primary amides is 1. The van der Waals surface area contributed by atoms with Gasteiger partial charge in [0.2, 0.25) is 41.4 Å². The number of nitrogens with zero attached hydrogens (tertiary/aromatic N) is 1. The molecule has 7 amide bonds. The number of carboxylic acids is 1. The average molecular weight is 812 g/mol. The van der Waals surface area contributed by atoms with Gasteiger partial charge in [0.15, 0.2) is 5.96 Å². The second-order valence-electron chi connectivity index (χ2n) is 12.7. The van der Waals surface area contributed by atoms with Crippen molar-refractivity contribution in [1.29, 1.82) is 0 Å². The molecule has 0 aliphatic heterocycles. The Morgan fingerprint density at radius 2 is 1.38 bits per heavy atom. The van der Waals surface area contributed by atoms with Gasteiger partial charge in [-0.2, -0.15) is 12.6 Å². The monoisotopic (exact) mass is 811 g/mol. The van der Waals surface area contributed by atoms with E-state index in [2.05, 4.69) is 49.5 Å². The van der Waals surface area contributed by atoms with Gasteiger partial charge in [-0.3, -0.25) is 43.3 Å². The molecule has 0 aliphatic carbocycles. The van der Waals surface area contributed by atoms with Crippen LogP contribution in [0.4, 0.5) is 0 Å². The van der Waals surface area contributed by atoms with Crippen molar-refractivity contribution >= 4 is 65.9 Å². The van der Waals surface area contributed by atoms with E-state index in [-0.39, 0.29) is 43.3 Å². The van der Waals surface area contributed by atoms with Crippen LogP contribution in [0.1, 0.15) is 45.1 Å². The largest absolute Gasteiger partial charge is 0.508 e. The van der Waals surface area contributed by atoms with Crippen LogP contribution in [0.15, 0.2) is 29.3 Å². The van der Waals surface area contributed by atoms with Crippen molar-refractivity contribution in [3.05, 3.63) is 29.8 Å². The van der Waals surface area contributed by atoms with Crippen LogP contribution in [0.2, 0.25) is 0 Å². The number of aliphatic carboxylic acids is 1. The van der Waals surface area contributed by atoms with Gasteiger partial charge in [-0.15, -0.1) is 0 Å². The Hall–Kier alpha value is -5.68. The van der Waals surface area contributed by atoms with Crippen molar-refractivity contribution < 1.29 is 53.7 Å². The van der Waals surface area contributed by atoms with Crippen LogP contribution in [0, 0.1) is 5.92 Å². The number of carboxylic acid groups (broad SMARTS) is 1. The van der Waals surface area contributed by atoms with Gasteiger partial charge in [-0.25, -0.2) is 0 Å². The number of carbonyl (C=O) groups is 8. The number of nitrogens with two attached hydrogens (primary N) is 4. The summed E-state index contributed by atoms with van der Waals surface area (Å²) in [5, 5.41) is 42.5. The molecule has 17 N–H and O–H groups in total. The summed E-state index contributed by atoms with van der Waals surface area (Å²) >= 11 is 4.03. The van der Waals surface area contributed by atoms with Crippen LogP contribution in [-0.2, 0) is 44.8 Å². The standard InChI is InChI=1S/C33H53N11O11S/c1-3-16(2)26(44-28(51)19(34)11-17-6-8-18(46)9-7-17)32(55)39-13-24(47)40-22(14-45)30(53)41-20(5-4-10-38-33(36)37)29(52)43-23(15-56)31(54)42-21(27(35)50)12-25(48)49/h6-9,16,19-23,26,45-46,56H,3-5,10-15,34H2,1-2H3,(H2,35,50)(H,39,55)(H,40,47)(H,41,53)(H,42,54)(H,43,52)(H,44,51)(H,48,49)(H4,36,37,38)/t16-,19-,20-,21-,22-,23-,26-/m0/s1. The maximum Gasteiger partial charge on any atom is 0.305 e. The van der Waals surface area contributed by atoms with E-state index in [4.69, 9.17) is 28.0 Å². The minimum absolute atomic E-state index is 0.0241. The van der Waals surface area contributed by atoms with Crippen LogP contribution in [0.5, 0.6) is 5.75 Å². The van der Waals surface area contributed by atoms with Crippen LogP contribution in [-0.4, -0.2) is 130 Å². The predicted octanol–water partition coefficient (Wildman–Crippen LogP) is -5.22. The Morgan fingerprint density at radius 3 is 1.91 bits per heavy atom. The molecule has 0 saturated carbocycles. The van der Waals surface area contributed by atoms with E-state index < -0.39 is 109 Å². The minimum Gasteiger partial charge on any atom is -0.508 e. The second kappa shape index (κ2) is 24.7. The fourth-order valence-corrected chi connectivity index (χ4v) is 5.10. The minimum atomic E-state index is -1.63. The number of aliphatic hydroxyl groups excluding tert-OH is 1. The summed E-state index contributed by atoms with van der Waals surface area (Å²) in [6.07, 6.45) is -0.259. The lowest BCUT2D eigenvalue weighted by molar-refractivity contribution is -0.140. The summed E-state index contributed by atoms with van der Waals surface area (Å²) in [5.74, 6) is -8.76. The molecular formula is C33H53N11O11S. The van der Waals surface area contributed by atoms with Gasteiger partial charge < -0.3 is 70.2 Å². The third-order valence-corrected chi connectivity index (χ3v) is 8.58. The second-order valence-corrected chi connectivity index (χ2v) is 13.0. The van der Waals surface area contributed by atoms with Crippen LogP contribution in [0.3, 0.4) is 0 Å². The van der Waals surface area contributed by atoms with Crippen LogP contribution in [0.25, 0.3) is 0 Å². The van der Waals surface area contributed by atoms with Crippen molar-refractivity contribution in [2.24, 2.45) is 33.8 Å². The first-order valence-corrected chi connectivity index (χ1v) is 18.1. The summed E-state index contributed by atoms with van der Waals surface area (Å²) in [7, 11) is 0. The summed E-state index contributed by atoms with van der Waals surface area (Å²) in [6, 6.07) is -2.13. The molecule has 0 aromatic heterocycles. The smallest absolute Gasteiger partial charge is 0.305 e. The summed E-state index contributed by atoms with van der Waals surface area (Å²) in [6.45, 7) is 1.89. The highest BCUT2D eigenvalue weighted by Gasteiger charge is 2.32. The number of phenolic OH excluding ortho intramolecular Hbond substituents is 1. The van der Waals surface area contributed by atoms with E-state index in [1.54, 1.807) is 26.0 Å². The van der Waals surface area contributed by atoms with Gasteiger partial charge in [0.1, 0.15) is 36.0 Å². The molecular weight excluding hydrogens is 758 g/mol. The zero-order valence-electron chi connectivity index (χ0n) is 31.0. The summed E-state index contributed by atoms with van der Waals surface area (Å²) in [4.78, 5) is 105. The first kappa shape index (κ1) is 48.3. The quantitative estimate of drug-likeness (QED) is 0.0190. The van der Waals surface area contributed by atoms with E-state index in [0.717, 1.165) is 0 Å². The topological polar surface area (TPSA) is 386 Å². The number of nitrogens with one attached hydrogen (secondary N) is 6. The number of guanidine groups is 1. The van der Waals surface area contributed by atoms with Crippen molar-refractivity contribution in [3.63, 3.8) is 0 Å². The predicted molar refractivity (Wildman–Crippen MR) is 204 cm³/mol. The van der Waals surface area contributed by atoms with E-state index in [9.17, 15) is 48.6 Å². The number of phenols is 1. The number of aliphatic hydroxyl groups is 1. The van der Waals surface area contributed by atoms with E-state index in [1.807, 2.05) is 0 Å². The zero-order chi connectivity index (χ0) is 42.5. The molecule has 0 fully saturated rings. The number of benzene rings is 1. The molecule has 0 aliphatic rings. The summed E-state index contributed by atoms with van der Waals surface area (Å²) in [5.41, 5.74) is 22.6. The van der Waals surface area contributed by atoms with Gasteiger partial charge in [0.05, 0.1) is 25.6 Å². The number of thiol groups is 1. The average Bonchev–Trinajstić information content (AvgIpc) is 3.14. The first-order valence-electron chi connectivity index (χ1n) is 17.4. The third kappa shape index (κ3) is 17.6. The molecule has 0 saturated heterocycles. The van der Waals surface area contributed by atoms with Crippen LogP contribution >= 0.6 is 12.6 Å². The van der Waals surface area contributed by atoms with E-state index in [1.165, 1.54) is 12.1 Å². The molecule has 56 heavy (non-hydrogen) atoms. The molecule has 0 unspecified atom stereocenters. The highest BCUT2D eigenvalue weighted by molar-refractivity contribution is 7.80. The van der Waals surface area contributed by atoms with Crippen molar-refractivity contribution in [2.45, 2.75) is 82.2 Å². The molecule has 1 rings (SSSR count). The number of amides is 7. The van der Waals surface area contributed by atoms with E-state index >= 15 is 0 Å². The number of hydrogen-bond donors (Lipinski definition) is 14. The van der Waals surface area contributed by atoms with Crippen LogP contribution < -0.4 is 54.8 Å². The Labute approximate surface area is 328 Å². The Kier molecular flexibility index (Phi) is 21.3. The molecule has 7 atom stereocenters. The number of rotatable bonds is 25. The lowest BCUT2D eigenvalue weighted by Gasteiger charge is -2.26. The zero-order valence-corrected chi connectivity index (χ0v) is 31.9. The van der Waals surface area contributed by atoms with Gasteiger partial charge >= 0.3 is 5.97 Å². The molecule has 1 aromatic carbocycles. The maximum atomic E-state index is 13.3. The van der Waals surface area contributed by atoms with Gasteiger partial charge in [-0.1, -0.05) is 32.4 Å². The van der Waals surface area contributed by atoms with Gasteiger partial charge in [0, 0.05) is 12.3 Å². The molecule has 23 heteroatoms. The number of aliphatic imine (C=N–C) groups is 1. The van der Waals surface area contributed by atoms with Gasteiger partial charge in [-0.05, 0) is 42.9 Å². The highest BCUT2D eigenvalue weighted by atomic mass is 32.1. The summed E-state index contributed by atoms with van der Waals surface area (Å²) < 4.78 is 0. The lowest BCUT2D eigenvalue weighted by atomic mass is 9.97. The van der Waals surface area contributed by atoms with Crippen molar-refractivity contribution in [1.82, 2.24) is 31.9 Å². The highest BCUT2D eigenvalue weighted by Crippen LogP contribution is 2.12. The van der Waals surface area contributed by atoms with Crippen molar-refractivity contribution in [3.8, 4) is 5.75 Å². The molecule has 0 spiro atoms. The maximum absolute atomic E-state index is 13.3. The molecule has 0 radical (unpaired) electrons. The fraction of sp³-hybridized carbons (Fsp3) is 0.545. The van der Waals surface area contributed by atoms with Crippen molar-refractivity contribution in [2.75, 3.05) is 25.4 Å². The lowest BCUT2D eigenvalue weighted by Crippen LogP contribution is -2.59. The number of hydrogen-bond acceptors (Lipinski definition) is 13.